The van der Waals surface area contributed by atoms with Gasteiger partial charge in [0.2, 0.25) is 5.91 Å². The van der Waals surface area contributed by atoms with E-state index < -0.39 is 46.9 Å². The lowest BCUT2D eigenvalue weighted by molar-refractivity contribution is -0.208. The number of amides is 1. The van der Waals surface area contributed by atoms with Gasteiger partial charge in [-0.15, -0.1) is 0 Å². The zero-order valence-corrected chi connectivity index (χ0v) is 17.8. The molecule has 1 aliphatic heterocycles. The summed E-state index contributed by atoms with van der Waals surface area (Å²) in [7, 11) is 0. The van der Waals surface area contributed by atoms with Crippen LogP contribution in [0.3, 0.4) is 0 Å². The van der Waals surface area contributed by atoms with Crippen molar-refractivity contribution in [3.63, 3.8) is 0 Å². The molecule has 4 rings (SSSR count). The van der Waals surface area contributed by atoms with Gasteiger partial charge in [0.25, 0.3) is 0 Å². The van der Waals surface area contributed by atoms with Crippen molar-refractivity contribution in [1.82, 2.24) is 9.99 Å². The minimum atomic E-state index is -4.25. The zero-order valence-electron chi connectivity index (χ0n) is 17.8. The Morgan fingerprint density at radius 2 is 1.80 bits per heavy atom. The van der Waals surface area contributed by atoms with Crippen LogP contribution >= 0.6 is 0 Å². The number of hydrogen-bond donors (Lipinski definition) is 1. The van der Waals surface area contributed by atoms with Gasteiger partial charge >= 0.3 is 5.92 Å². The molecule has 178 valence electrons. The Morgan fingerprint density at radius 3 is 2.37 bits per heavy atom. The molecule has 1 aromatic heterocycles. The van der Waals surface area contributed by atoms with Crippen molar-refractivity contribution < 1.29 is 32.2 Å². The molecule has 11 heteroatoms. The van der Waals surface area contributed by atoms with E-state index in [-0.39, 0.29) is 12.2 Å². The second-order valence-corrected chi connectivity index (χ2v) is 7.63. The summed E-state index contributed by atoms with van der Waals surface area (Å²) < 4.78 is 65.1. The Balaban J connectivity index is 1.68. The van der Waals surface area contributed by atoms with Crippen molar-refractivity contribution in [1.29, 1.82) is 5.26 Å². The summed E-state index contributed by atoms with van der Waals surface area (Å²) in [4.78, 5) is 15.7. The lowest BCUT2D eigenvalue weighted by Gasteiger charge is -2.37. The minimum absolute atomic E-state index is 0.0741. The number of halogens is 4. The third-order valence-corrected chi connectivity index (χ3v) is 5.33. The third kappa shape index (κ3) is 4.56. The summed E-state index contributed by atoms with van der Waals surface area (Å²) in [6, 6.07) is 11.8. The largest absolute Gasteiger partial charge is 0.456 e. The molecule has 0 bridgehead atoms. The van der Waals surface area contributed by atoms with Gasteiger partial charge in [-0.05, 0) is 48.5 Å². The highest BCUT2D eigenvalue weighted by Crippen LogP contribution is 2.46. The van der Waals surface area contributed by atoms with Crippen LogP contribution in [-0.2, 0) is 16.3 Å². The fourth-order valence-corrected chi connectivity index (χ4v) is 3.48. The van der Waals surface area contributed by atoms with E-state index in [1.54, 1.807) is 0 Å². The number of aliphatic hydroxyl groups is 1. The molecule has 1 aliphatic rings. The molecule has 0 spiro atoms. The first-order valence-electron chi connectivity index (χ1n) is 10.2. The quantitative estimate of drug-likeness (QED) is 0.507. The van der Waals surface area contributed by atoms with Crippen LogP contribution in [0.25, 0.3) is 0 Å². The maximum absolute atomic E-state index is 15.8. The number of aromatic nitrogens is 1. The van der Waals surface area contributed by atoms with Gasteiger partial charge in [-0.3, -0.25) is 9.78 Å². The van der Waals surface area contributed by atoms with E-state index in [1.807, 2.05) is 6.07 Å². The standard InChI is InChI=1S/C24H16F4N4O3/c25-16-3-7-19(20(26)11-16)23(34,14-32-22(33)9-10-31-32)24(27,28)21-8-6-18(13-30-21)35-17-4-1-15(12-29)2-5-17/h1-8,10-11,13,34H,9,14H2. The first kappa shape index (κ1) is 23.8. The molecule has 7 nitrogen and oxygen atoms in total. The van der Waals surface area contributed by atoms with Crippen LogP contribution < -0.4 is 4.74 Å². The first-order chi connectivity index (χ1) is 16.6. The number of rotatable bonds is 7. The fraction of sp³-hybridized carbons (Fsp3) is 0.167. The van der Waals surface area contributed by atoms with Crippen LogP contribution in [-0.4, -0.2) is 33.8 Å². The molecule has 3 aromatic rings. The van der Waals surface area contributed by atoms with Crippen LogP contribution in [0.15, 0.2) is 65.9 Å². The highest BCUT2D eigenvalue weighted by atomic mass is 19.3. The number of benzene rings is 2. The Morgan fingerprint density at radius 1 is 1.09 bits per heavy atom. The molecule has 0 radical (unpaired) electrons. The molecule has 1 atom stereocenters. The summed E-state index contributed by atoms with van der Waals surface area (Å²) >= 11 is 0. The Kier molecular flexibility index (Phi) is 6.24. The predicted molar refractivity (Wildman–Crippen MR) is 114 cm³/mol. The lowest BCUT2D eigenvalue weighted by atomic mass is 9.84. The second-order valence-electron chi connectivity index (χ2n) is 7.63. The van der Waals surface area contributed by atoms with E-state index in [4.69, 9.17) is 10.00 Å². The Bertz CT molecular complexity index is 1320. The second kappa shape index (κ2) is 9.15. The monoisotopic (exact) mass is 484 g/mol. The summed E-state index contributed by atoms with van der Waals surface area (Å²) in [5.41, 5.74) is -4.83. The summed E-state index contributed by atoms with van der Waals surface area (Å²) in [5.74, 6) is -7.00. The topological polar surface area (TPSA) is 98.8 Å². The van der Waals surface area contributed by atoms with Gasteiger partial charge < -0.3 is 9.84 Å². The van der Waals surface area contributed by atoms with E-state index in [2.05, 4.69) is 10.1 Å². The minimum Gasteiger partial charge on any atom is -0.456 e. The number of carbonyl (C=O) groups is 1. The first-order valence-corrected chi connectivity index (χ1v) is 10.2. The van der Waals surface area contributed by atoms with E-state index >= 15 is 8.78 Å². The molecule has 35 heavy (non-hydrogen) atoms. The molecule has 1 unspecified atom stereocenters. The smallest absolute Gasteiger partial charge is 0.323 e. The van der Waals surface area contributed by atoms with Crippen molar-refractivity contribution in [2.75, 3.05) is 6.54 Å². The molecular weight excluding hydrogens is 468 g/mol. The van der Waals surface area contributed by atoms with E-state index in [9.17, 15) is 18.7 Å². The molecule has 1 N–H and O–H groups in total. The Hall–Kier alpha value is -4.30. The highest BCUT2D eigenvalue weighted by Gasteiger charge is 2.58. The van der Waals surface area contributed by atoms with Crippen molar-refractivity contribution >= 4 is 12.1 Å². The molecule has 0 saturated heterocycles. The Labute approximate surface area is 196 Å². The molecular formula is C24H16F4N4O3. The maximum Gasteiger partial charge on any atom is 0.323 e. The van der Waals surface area contributed by atoms with Crippen molar-refractivity contribution in [2.45, 2.75) is 17.9 Å². The molecule has 2 aromatic carbocycles. The molecule has 0 aliphatic carbocycles. The van der Waals surface area contributed by atoms with Crippen LogP contribution in [0.5, 0.6) is 11.5 Å². The third-order valence-electron chi connectivity index (χ3n) is 5.33. The van der Waals surface area contributed by atoms with Gasteiger partial charge in [-0.2, -0.15) is 19.1 Å². The summed E-state index contributed by atoms with van der Waals surface area (Å²) in [5, 5.41) is 24.3. The number of nitrogens with zero attached hydrogens (tertiary/aromatic N) is 4. The van der Waals surface area contributed by atoms with Crippen LogP contribution in [0.2, 0.25) is 0 Å². The fourth-order valence-electron chi connectivity index (χ4n) is 3.48. The molecule has 0 fully saturated rings. The van der Waals surface area contributed by atoms with Gasteiger partial charge in [0, 0.05) is 17.8 Å². The van der Waals surface area contributed by atoms with Crippen molar-refractivity contribution in [2.24, 2.45) is 5.10 Å². The average molecular weight is 484 g/mol. The zero-order chi connectivity index (χ0) is 25.2. The van der Waals surface area contributed by atoms with Gasteiger partial charge in [-0.25, -0.2) is 13.8 Å². The predicted octanol–water partition coefficient (Wildman–Crippen LogP) is 4.22. The van der Waals surface area contributed by atoms with Crippen molar-refractivity contribution in [3.8, 4) is 17.6 Å². The van der Waals surface area contributed by atoms with Gasteiger partial charge in [0.15, 0.2) is 5.60 Å². The molecule has 2 heterocycles. The maximum atomic E-state index is 15.8. The van der Waals surface area contributed by atoms with Crippen molar-refractivity contribution in [3.05, 3.63) is 89.2 Å². The molecule has 1 amide bonds. The number of β-amino-alcohol motifs (C(OH)–C–C–N with tert-alkyl or cyclic N) is 1. The summed E-state index contributed by atoms with van der Waals surface area (Å²) in [6.45, 7) is -1.11. The average Bonchev–Trinajstić information content (AvgIpc) is 3.23. The number of ether oxygens (including phenoxy) is 1. The van der Waals surface area contributed by atoms with E-state index in [0.717, 1.165) is 30.6 Å². The number of hydrazone groups is 1. The number of pyridine rings is 1. The van der Waals surface area contributed by atoms with Gasteiger partial charge in [-0.1, -0.05) is 0 Å². The number of alkyl halides is 2. The van der Waals surface area contributed by atoms with Crippen LogP contribution in [0, 0.1) is 23.0 Å². The number of carbonyl (C=O) groups excluding carboxylic acids is 1. The summed E-state index contributed by atoms with van der Waals surface area (Å²) in [6.07, 6.45) is 1.96. The molecule has 0 saturated carbocycles. The van der Waals surface area contributed by atoms with E-state index in [1.165, 1.54) is 24.3 Å². The van der Waals surface area contributed by atoms with Crippen LogP contribution in [0.4, 0.5) is 17.6 Å². The normalized spacial score (nSPS) is 15.1. The van der Waals surface area contributed by atoms with Crippen LogP contribution in [0.1, 0.15) is 23.2 Å². The number of nitriles is 1. The van der Waals surface area contributed by atoms with Gasteiger partial charge in [0.05, 0.1) is 30.8 Å². The number of hydrogen-bond acceptors (Lipinski definition) is 6. The van der Waals surface area contributed by atoms with E-state index in [0.29, 0.717) is 28.5 Å². The SMILES string of the molecule is N#Cc1ccc(Oc2ccc(C(F)(F)C(O)(CN3N=CCC3=O)c3ccc(F)cc3F)nc2)cc1. The highest BCUT2D eigenvalue weighted by molar-refractivity contribution is 5.93. The van der Waals surface area contributed by atoms with Gasteiger partial charge in [0.1, 0.15) is 28.8 Å². The lowest BCUT2D eigenvalue weighted by Crippen LogP contribution is -2.52.